The van der Waals surface area contributed by atoms with E-state index in [-0.39, 0.29) is 18.9 Å². The number of anilines is 1. The topological polar surface area (TPSA) is 95.6 Å². The van der Waals surface area contributed by atoms with Gasteiger partial charge in [0.1, 0.15) is 6.07 Å². The molecule has 6 nitrogen and oxygen atoms in total. The van der Waals surface area contributed by atoms with Crippen LogP contribution in [0.2, 0.25) is 0 Å². The van der Waals surface area contributed by atoms with Gasteiger partial charge >= 0.3 is 0 Å². The SMILES string of the molecule is [C-]#[N+]C(C#N)=c1ccc(=C(C#N)c2ccc(N(CCO)CCO)cc2)cc1. The van der Waals surface area contributed by atoms with Crippen LogP contribution >= 0.6 is 0 Å². The largest absolute Gasteiger partial charge is 0.395 e. The van der Waals surface area contributed by atoms with Gasteiger partial charge in [0.2, 0.25) is 0 Å². The predicted octanol–water partition coefficient (Wildman–Crippen LogP) is 0.751. The van der Waals surface area contributed by atoms with Crippen molar-refractivity contribution in [3.63, 3.8) is 0 Å². The molecule has 6 heteroatoms. The summed E-state index contributed by atoms with van der Waals surface area (Å²) in [5.74, 6) is 0. The minimum atomic E-state index is -0.0179. The van der Waals surface area contributed by atoms with Crippen LogP contribution in [0.3, 0.4) is 0 Å². The van der Waals surface area contributed by atoms with Gasteiger partial charge in [-0.05, 0) is 28.1 Å². The summed E-state index contributed by atoms with van der Waals surface area (Å²) in [6, 6.07) is 18.1. The average Bonchev–Trinajstić information content (AvgIpc) is 2.71. The molecule has 0 saturated carbocycles. The number of hydrogen-bond donors (Lipinski definition) is 2. The minimum absolute atomic E-state index is 0.0114. The molecule has 0 aliphatic carbocycles. The molecular formula is C21H18N4O2. The molecule has 0 bridgehead atoms. The van der Waals surface area contributed by atoms with E-state index in [0.717, 1.165) is 11.3 Å². The molecule has 0 aromatic heterocycles. The minimum Gasteiger partial charge on any atom is -0.395 e. The summed E-state index contributed by atoms with van der Waals surface area (Å²) in [5, 5.41) is 38.0. The van der Waals surface area contributed by atoms with Crippen molar-refractivity contribution in [2.75, 3.05) is 31.2 Å². The first-order chi connectivity index (χ1) is 13.2. The third-order valence-electron chi connectivity index (χ3n) is 4.04. The van der Waals surface area contributed by atoms with Crippen LogP contribution < -0.4 is 15.3 Å². The molecule has 0 atom stereocenters. The number of aliphatic hydroxyl groups is 2. The Bertz CT molecular complexity index is 993. The number of benzene rings is 2. The molecule has 134 valence electrons. The lowest BCUT2D eigenvalue weighted by Crippen LogP contribution is -2.29. The van der Waals surface area contributed by atoms with E-state index < -0.39 is 0 Å². The third kappa shape index (κ3) is 4.71. The zero-order valence-corrected chi connectivity index (χ0v) is 14.6. The molecule has 2 N–H and O–H groups in total. The van der Waals surface area contributed by atoms with Gasteiger partial charge in [-0.2, -0.15) is 5.26 Å². The first-order valence-electron chi connectivity index (χ1n) is 8.28. The Hall–Kier alpha value is -3.63. The Balaban J connectivity index is 2.45. The molecule has 0 aliphatic heterocycles. The van der Waals surface area contributed by atoms with E-state index in [1.807, 2.05) is 35.2 Å². The standard InChI is InChI=1S/C21H18N4O2/c1-24-21(15-23)18-4-2-16(3-5-18)20(14-22)17-6-8-19(9-7-17)25(10-12-26)11-13-27/h2-9,26-27H,10-13H2. The highest BCUT2D eigenvalue weighted by molar-refractivity contribution is 5.77. The normalized spacial score (nSPS) is 9.59. The monoisotopic (exact) mass is 358 g/mol. The second kappa shape index (κ2) is 9.75. The zero-order valence-electron chi connectivity index (χ0n) is 14.6. The molecular weight excluding hydrogens is 340 g/mol. The second-order valence-electron chi connectivity index (χ2n) is 5.62. The van der Waals surface area contributed by atoms with Crippen molar-refractivity contribution in [2.24, 2.45) is 0 Å². The van der Waals surface area contributed by atoms with Crippen molar-refractivity contribution in [1.82, 2.24) is 0 Å². The van der Waals surface area contributed by atoms with E-state index in [4.69, 9.17) is 22.0 Å². The summed E-state index contributed by atoms with van der Waals surface area (Å²) in [4.78, 5) is 5.03. The third-order valence-corrected chi connectivity index (χ3v) is 4.04. The van der Waals surface area contributed by atoms with Crippen molar-refractivity contribution in [3.8, 4) is 12.1 Å². The number of aliphatic hydroxyl groups excluding tert-OH is 2. The number of rotatable bonds is 6. The van der Waals surface area contributed by atoms with Crippen LogP contribution in [-0.2, 0) is 0 Å². The first-order valence-corrected chi connectivity index (χ1v) is 8.28. The summed E-state index contributed by atoms with van der Waals surface area (Å²) in [6.07, 6.45) is 0. The van der Waals surface area contributed by atoms with Crippen molar-refractivity contribution in [2.45, 2.75) is 0 Å². The highest BCUT2D eigenvalue weighted by Crippen LogP contribution is 2.18. The van der Waals surface area contributed by atoms with E-state index in [0.29, 0.717) is 29.1 Å². The Morgan fingerprint density at radius 1 is 0.889 bits per heavy atom. The van der Waals surface area contributed by atoms with Crippen LogP contribution in [0.25, 0.3) is 16.1 Å². The molecule has 2 aromatic rings. The lowest BCUT2D eigenvalue weighted by molar-refractivity contribution is 0.281. The average molecular weight is 358 g/mol. The zero-order chi connectivity index (χ0) is 19.6. The van der Waals surface area contributed by atoms with Gasteiger partial charge < -0.3 is 15.1 Å². The van der Waals surface area contributed by atoms with E-state index in [1.165, 1.54) is 0 Å². The maximum absolute atomic E-state index is 9.58. The maximum atomic E-state index is 9.58. The highest BCUT2D eigenvalue weighted by Gasteiger charge is 2.07. The van der Waals surface area contributed by atoms with Crippen LogP contribution in [0.5, 0.6) is 0 Å². The lowest BCUT2D eigenvalue weighted by atomic mass is 10.0. The number of nitriles is 2. The van der Waals surface area contributed by atoms with Crippen molar-refractivity contribution < 1.29 is 10.2 Å². The maximum Gasteiger partial charge on any atom is 0.268 e. The molecule has 27 heavy (non-hydrogen) atoms. The number of nitrogens with zero attached hydrogens (tertiary/aromatic N) is 4. The summed E-state index contributed by atoms with van der Waals surface area (Å²) in [6.45, 7) is 7.78. The van der Waals surface area contributed by atoms with Crippen LogP contribution in [0.4, 0.5) is 5.69 Å². The summed E-state index contributed by atoms with van der Waals surface area (Å²) < 4.78 is 0. The molecule has 0 fully saturated rings. The predicted molar refractivity (Wildman–Crippen MR) is 102 cm³/mol. The fraction of sp³-hybridized carbons (Fsp3) is 0.190. The van der Waals surface area contributed by atoms with Crippen LogP contribution in [-0.4, -0.2) is 36.5 Å². The summed E-state index contributed by atoms with van der Waals surface area (Å²) in [5.41, 5.74) is 2.07. The Morgan fingerprint density at radius 2 is 1.44 bits per heavy atom. The Morgan fingerprint density at radius 3 is 1.89 bits per heavy atom. The fourth-order valence-corrected chi connectivity index (χ4v) is 2.69. The van der Waals surface area contributed by atoms with Gasteiger partial charge in [-0.15, -0.1) is 0 Å². The molecule has 0 radical (unpaired) electrons. The van der Waals surface area contributed by atoms with Gasteiger partial charge in [0.25, 0.3) is 5.70 Å². The van der Waals surface area contributed by atoms with Crippen molar-refractivity contribution in [3.05, 3.63) is 75.9 Å². The van der Waals surface area contributed by atoms with Crippen LogP contribution in [0.1, 0.15) is 5.56 Å². The Kier molecular flexibility index (Phi) is 7.11. The van der Waals surface area contributed by atoms with Crippen LogP contribution in [0.15, 0.2) is 48.5 Å². The molecule has 0 saturated heterocycles. The molecule has 2 rings (SSSR count). The Labute approximate surface area is 157 Å². The van der Waals surface area contributed by atoms with Gasteiger partial charge in [0.15, 0.2) is 0 Å². The van der Waals surface area contributed by atoms with E-state index in [2.05, 4.69) is 10.9 Å². The van der Waals surface area contributed by atoms with Crippen LogP contribution in [0, 0.1) is 29.2 Å². The van der Waals surface area contributed by atoms with E-state index in [1.54, 1.807) is 24.3 Å². The van der Waals surface area contributed by atoms with Crippen molar-refractivity contribution in [1.29, 1.82) is 10.5 Å². The highest BCUT2D eigenvalue weighted by atomic mass is 16.3. The molecule has 0 amide bonds. The summed E-state index contributed by atoms with van der Waals surface area (Å²) in [7, 11) is 0. The quantitative estimate of drug-likeness (QED) is 0.743. The summed E-state index contributed by atoms with van der Waals surface area (Å²) >= 11 is 0. The smallest absolute Gasteiger partial charge is 0.268 e. The van der Waals surface area contributed by atoms with E-state index in [9.17, 15) is 5.26 Å². The van der Waals surface area contributed by atoms with Gasteiger partial charge in [0, 0.05) is 18.8 Å². The molecule has 0 heterocycles. The number of hydrogen-bond acceptors (Lipinski definition) is 5. The molecule has 0 unspecified atom stereocenters. The van der Waals surface area contributed by atoms with Crippen molar-refractivity contribution >= 4 is 17.0 Å². The first kappa shape index (κ1) is 19.7. The second-order valence-corrected chi connectivity index (χ2v) is 5.62. The molecule has 2 aromatic carbocycles. The lowest BCUT2D eigenvalue weighted by Gasteiger charge is -2.23. The fourth-order valence-electron chi connectivity index (χ4n) is 2.69. The van der Waals surface area contributed by atoms with Gasteiger partial charge in [-0.3, -0.25) is 0 Å². The molecule has 0 aliphatic rings. The van der Waals surface area contributed by atoms with Gasteiger partial charge in [0.05, 0.1) is 31.4 Å². The van der Waals surface area contributed by atoms with Gasteiger partial charge in [-0.1, -0.05) is 36.4 Å². The molecule has 0 spiro atoms. The van der Waals surface area contributed by atoms with Gasteiger partial charge in [-0.25, -0.2) is 10.1 Å². The van der Waals surface area contributed by atoms with E-state index >= 15 is 0 Å².